The molecule has 1 heterocycles. The highest BCUT2D eigenvalue weighted by molar-refractivity contribution is 5.86. The standard InChI is InChI=1S/C18H28N2O5/c1-23-11-5-10-20(17(21)9-8-14-6-3-4-7-14)12-16-19-15(13-25-16)18(22)24-2/h13-14H,3-12H2,1-2H3. The Labute approximate surface area is 148 Å². The predicted molar refractivity (Wildman–Crippen MR) is 90.9 cm³/mol. The molecule has 0 unspecified atom stereocenters. The van der Waals surface area contributed by atoms with Crippen molar-refractivity contribution >= 4 is 11.9 Å². The molecule has 0 saturated heterocycles. The Balaban J connectivity index is 1.92. The van der Waals surface area contributed by atoms with Gasteiger partial charge in [-0.05, 0) is 18.8 Å². The molecule has 2 rings (SSSR count). The summed E-state index contributed by atoms with van der Waals surface area (Å²) < 4.78 is 15.0. The summed E-state index contributed by atoms with van der Waals surface area (Å²) in [6.07, 6.45) is 8.53. The number of hydrogen-bond acceptors (Lipinski definition) is 6. The van der Waals surface area contributed by atoms with Crippen molar-refractivity contribution < 1.29 is 23.5 Å². The third-order valence-corrected chi connectivity index (χ3v) is 4.64. The second-order valence-electron chi connectivity index (χ2n) is 6.47. The number of ether oxygens (including phenoxy) is 2. The summed E-state index contributed by atoms with van der Waals surface area (Å²) in [4.78, 5) is 29.9. The highest BCUT2D eigenvalue weighted by Crippen LogP contribution is 2.28. The summed E-state index contributed by atoms with van der Waals surface area (Å²) in [5, 5.41) is 0. The van der Waals surface area contributed by atoms with Crippen LogP contribution >= 0.6 is 0 Å². The quantitative estimate of drug-likeness (QED) is 0.476. The molecule has 0 N–H and O–H groups in total. The second kappa shape index (κ2) is 10.2. The first-order valence-corrected chi connectivity index (χ1v) is 8.93. The van der Waals surface area contributed by atoms with Gasteiger partial charge in [0.25, 0.3) is 0 Å². The number of nitrogens with zero attached hydrogens (tertiary/aromatic N) is 2. The van der Waals surface area contributed by atoms with Crippen LogP contribution in [0.1, 0.15) is 61.3 Å². The molecule has 1 fully saturated rings. The van der Waals surface area contributed by atoms with Gasteiger partial charge in [-0.25, -0.2) is 9.78 Å². The van der Waals surface area contributed by atoms with E-state index >= 15 is 0 Å². The van der Waals surface area contributed by atoms with Crippen molar-refractivity contribution in [3.8, 4) is 0 Å². The van der Waals surface area contributed by atoms with E-state index in [2.05, 4.69) is 9.72 Å². The molecule has 0 aliphatic heterocycles. The summed E-state index contributed by atoms with van der Waals surface area (Å²) in [6.45, 7) is 1.42. The van der Waals surface area contributed by atoms with Gasteiger partial charge in [0, 0.05) is 26.7 Å². The highest BCUT2D eigenvalue weighted by Gasteiger charge is 2.21. The van der Waals surface area contributed by atoms with Crippen molar-refractivity contribution in [2.75, 3.05) is 27.4 Å². The normalized spacial score (nSPS) is 14.6. The fourth-order valence-electron chi connectivity index (χ4n) is 3.22. The molecule has 1 aromatic heterocycles. The van der Waals surface area contributed by atoms with E-state index in [1.807, 2.05) is 0 Å². The maximum Gasteiger partial charge on any atom is 0.360 e. The molecule has 0 radical (unpaired) electrons. The first kappa shape index (κ1) is 19.4. The van der Waals surface area contributed by atoms with Crippen LogP contribution in [-0.2, 0) is 20.8 Å². The molecule has 1 saturated carbocycles. The van der Waals surface area contributed by atoms with Crippen molar-refractivity contribution in [3.63, 3.8) is 0 Å². The van der Waals surface area contributed by atoms with Gasteiger partial charge in [-0.3, -0.25) is 4.79 Å². The SMILES string of the molecule is COCCCN(Cc1nc(C(=O)OC)co1)C(=O)CCC1CCCC1. The lowest BCUT2D eigenvalue weighted by molar-refractivity contribution is -0.132. The molecule has 1 aliphatic rings. The van der Waals surface area contributed by atoms with Crippen LogP contribution < -0.4 is 0 Å². The first-order chi connectivity index (χ1) is 12.1. The molecule has 0 spiro atoms. The van der Waals surface area contributed by atoms with E-state index in [1.165, 1.54) is 39.1 Å². The first-order valence-electron chi connectivity index (χ1n) is 8.93. The number of amides is 1. The molecule has 1 aliphatic carbocycles. The third kappa shape index (κ3) is 6.16. The lowest BCUT2D eigenvalue weighted by Crippen LogP contribution is -2.32. The van der Waals surface area contributed by atoms with Crippen LogP contribution in [0.5, 0.6) is 0 Å². The van der Waals surface area contributed by atoms with Gasteiger partial charge in [0.15, 0.2) is 5.69 Å². The fourth-order valence-corrected chi connectivity index (χ4v) is 3.22. The van der Waals surface area contributed by atoms with Crippen LogP contribution in [0.2, 0.25) is 0 Å². The topological polar surface area (TPSA) is 81.9 Å². The predicted octanol–water partition coefficient (Wildman–Crippen LogP) is 2.80. The summed E-state index contributed by atoms with van der Waals surface area (Å²) in [5.41, 5.74) is 0.118. The van der Waals surface area contributed by atoms with Gasteiger partial charge in [-0.2, -0.15) is 0 Å². The van der Waals surface area contributed by atoms with E-state index in [4.69, 9.17) is 9.15 Å². The van der Waals surface area contributed by atoms with Gasteiger partial charge in [0.05, 0.1) is 13.7 Å². The lowest BCUT2D eigenvalue weighted by Gasteiger charge is -2.22. The van der Waals surface area contributed by atoms with Gasteiger partial charge >= 0.3 is 5.97 Å². The zero-order valence-corrected chi connectivity index (χ0v) is 15.2. The van der Waals surface area contributed by atoms with Crippen molar-refractivity contribution in [2.24, 2.45) is 5.92 Å². The van der Waals surface area contributed by atoms with E-state index in [-0.39, 0.29) is 18.1 Å². The van der Waals surface area contributed by atoms with Crippen molar-refractivity contribution in [3.05, 3.63) is 17.8 Å². The second-order valence-corrected chi connectivity index (χ2v) is 6.47. The summed E-state index contributed by atoms with van der Waals surface area (Å²) in [5.74, 6) is 0.568. The van der Waals surface area contributed by atoms with Gasteiger partial charge < -0.3 is 18.8 Å². The number of esters is 1. The molecule has 25 heavy (non-hydrogen) atoms. The van der Waals surface area contributed by atoms with Gasteiger partial charge in [0.1, 0.15) is 6.26 Å². The van der Waals surface area contributed by atoms with Crippen molar-refractivity contribution in [1.82, 2.24) is 9.88 Å². The largest absolute Gasteiger partial charge is 0.464 e. The summed E-state index contributed by atoms with van der Waals surface area (Å²) in [7, 11) is 2.93. The zero-order valence-electron chi connectivity index (χ0n) is 15.2. The van der Waals surface area contributed by atoms with Crippen LogP contribution in [0, 0.1) is 5.92 Å². The molecular formula is C18H28N2O5. The zero-order chi connectivity index (χ0) is 18.1. The minimum Gasteiger partial charge on any atom is -0.464 e. The Hall–Kier alpha value is -1.89. The highest BCUT2D eigenvalue weighted by atomic mass is 16.5. The Morgan fingerprint density at radius 3 is 2.76 bits per heavy atom. The van der Waals surface area contributed by atoms with E-state index in [1.54, 1.807) is 12.0 Å². The minimum atomic E-state index is -0.548. The van der Waals surface area contributed by atoms with Crippen LogP contribution in [0.4, 0.5) is 0 Å². The molecule has 7 heteroatoms. The number of oxazole rings is 1. The van der Waals surface area contributed by atoms with E-state index in [0.717, 1.165) is 12.8 Å². The number of rotatable bonds is 10. The Bertz CT molecular complexity index is 551. The average molecular weight is 352 g/mol. The average Bonchev–Trinajstić information content (AvgIpc) is 3.30. The third-order valence-electron chi connectivity index (χ3n) is 4.64. The molecule has 140 valence electrons. The fraction of sp³-hybridized carbons (Fsp3) is 0.722. The minimum absolute atomic E-state index is 0.0980. The summed E-state index contributed by atoms with van der Waals surface area (Å²) in [6, 6.07) is 0. The Morgan fingerprint density at radius 2 is 2.08 bits per heavy atom. The number of carbonyl (C=O) groups is 2. The molecule has 0 atom stereocenters. The smallest absolute Gasteiger partial charge is 0.360 e. The molecule has 7 nitrogen and oxygen atoms in total. The molecule has 1 aromatic rings. The molecule has 0 bridgehead atoms. The van der Waals surface area contributed by atoms with Crippen LogP contribution in [0.15, 0.2) is 10.7 Å². The monoisotopic (exact) mass is 352 g/mol. The van der Waals surface area contributed by atoms with E-state index < -0.39 is 5.97 Å². The number of carbonyl (C=O) groups excluding carboxylic acids is 2. The van der Waals surface area contributed by atoms with E-state index in [0.29, 0.717) is 31.4 Å². The molecule has 1 amide bonds. The lowest BCUT2D eigenvalue weighted by atomic mass is 10.0. The van der Waals surface area contributed by atoms with Gasteiger partial charge in [-0.1, -0.05) is 25.7 Å². The van der Waals surface area contributed by atoms with Crippen LogP contribution in [-0.4, -0.2) is 49.1 Å². The van der Waals surface area contributed by atoms with Crippen molar-refractivity contribution in [2.45, 2.75) is 51.5 Å². The van der Waals surface area contributed by atoms with Crippen molar-refractivity contribution in [1.29, 1.82) is 0 Å². The number of methoxy groups -OCH3 is 2. The van der Waals surface area contributed by atoms with E-state index in [9.17, 15) is 9.59 Å². The van der Waals surface area contributed by atoms with Crippen LogP contribution in [0.3, 0.4) is 0 Å². The Morgan fingerprint density at radius 1 is 1.32 bits per heavy atom. The number of hydrogen-bond donors (Lipinski definition) is 0. The Kier molecular flexibility index (Phi) is 7.91. The maximum absolute atomic E-state index is 12.6. The molecular weight excluding hydrogens is 324 g/mol. The maximum atomic E-state index is 12.6. The number of aromatic nitrogens is 1. The summed E-state index contributed by atoms with van der Waals surface area (Å²) >= 11 is 0. The molecule has 0 aromatic carbocycles. The van der Waals surface area contributed by atoms with Gasteiger partial charge in [-0.15, -0.1) is 0 Å². The van der Waals surface area contributed by atoms with Gasteiger partial charge in [0.2, 0.25) is 11.8 Å². The van der Waals surface area contributed by atoms with Crippen LogP contribution in [0.25, 0.3) is 0 Å².